The summed E-state index contributed by atoms with van der Waals surface area (Å²) in [4.78, 5) is 4.15. The molecular formula is C14H23FIN3S. The molecule has 0 bridgehead atoms. The zero-order chi connectivity index (χ0) is 13.9. The molecular weight excluding hydrogens is 388 g/mol. The van der Waals surface area contributed by atoms with Crippen molar-refractivity contribution in [1.29, 1.82) is 0 Å². The van der Waals surface area contributed by atoms with Crippen molar-refractivity contribution in [2.24, 2.45) is 4.99 Å². The Labute approximate surface area is 142 Å². The highest BCUT2D eigenvalue weighted by Crippen LogP contribution is 2.02. The summed E-state index contributed by atoms with van der Waals surface area (Å²) >= 11 is 1.87. The monoisotopic (exact) mass is 411 g/mol. The molecule has 0 amide bonds. The smallest absolute Gasteiger partial charge is 0.191 e. The van der Waals surface area contributed by atoms with Gasteiger partial charge < -0.3 is 10.6 Å². The second-order valence-corrected chi connectivity index (χ2v) is 5.16. The van der Waals surface area contributed by atoms with Gasteiger partial charge in [0.15, 0.2) is 5.96 Å². The second kappa shape index (κ2) is 12.3. The van der Waals surface area contributed by atoms with Crippen LogP contribution in [0.3, 0.4) is 0 Å². The van der Waals surface area contributed by atoms with E-state index in [1.165, 1.54) is 24.3 Å². The van der Waals surface area contributed by atoms with Gasteiger partial charge in [0.25, 0.3) is 0 Å². The van der Waals surface area contributed by atoms with Crippen molar-refractivity contribution in [3.8, 4) is 0 Å². The van der Waals surface area contributed by atoms with E-state index in [1.807, 2.05) is 11.8 Å². The van der Waals surface area contributed by atoms with Crippen LogP contribution in [0.25, 0.3) is 0 Å². The summed E-state index contributed by atoms with van der Waals surface area (Å²) < 4.78 is 12.8. The van der Waals surface area contributed by atoms with Crippen molar-refractivity contribution >= 4 is 41.7 Å². The lowest BCUT2D eigenvalue weighted by molar-refractivity contribution is 0.626. The summed E-state index contributed by atoms with van der Waals surface area (Å²) in [5.41, 5.74) is 1.03. The molecule has 1 rings (SSSR count). The van der Waals surface area contributed by atoms with Crippen LogP contribution in [0.2, 0.25) is 0 Å². The molecule has 0 aliphatic rings. The number of benzene rings is 1. The van der Waals surface area contributed by atoms with Gasteiger partial charge in [-0.2, -0.15) is 11.8 Å². The lowest BCUT2D eigenvalue weighted by Gasteiger charge is -2.11. The third-order valence-corrected chi connectivity index (χ3v) is 3.36. The van der Waals surface area contributed by atoms with Crippen molar-refractivity contribution in [2.45, 2.75) is 19.4 Å². The molecule has 0 radical (unpaired) electrons. The zero-order valence-electron chi connectivity index (χ0n) is 12.0. The molecule has 0 aromatic heterocycles. The Kier molecular flexibility index (Phi) is 12.0. The highest BCUT2D eigenvalue weighted by atomic mass is 127. The molecule has 1 aromatic carbocycles. The minimum Gasteiger partial charge on any atom is -0.356 e. The van der Waals surface area contributed by atoms with Crippen molar-refractivity contribution < 1.29 is 4.39 Å². The Morgan fingerprint density at radius 2 is 1.90 bits per heavy atom. The first-order chi connectivity index (χ1) is 9.26. The Morgan fingerprint density at radius 1 is 1.20 bits per heavy atom. The van der Waals surface area contributed by atoms with E-state index < -0.39 is 0 Å². The largest absolute Gasteiger partial charge is 0.356 e. The van der Waals surface area contributed by atoms with Crippen LogP contribution in [0, 0.1) is 5.82 Å². The van der Waals surface area contributed by atoms with Crippen molar-refractivity contribution in [1.82, 2.24) is 10.6 Å². The van der Waals surface area contributed by atoms with E-state index in [1.54, 1.807) is 19.2 Å². The molecule has 0 aliphatic carbocycles. The number of nitrogens with zero attached hydrogens (tertiary/aromatic N) is 1. The van der Waals surface area contributed by atoms with E-state index in [0.29, 0.717) is 6.54 Å². The lowest BCUT2D eigenvalue weighted by atomic mass is 10.2. The number of nitrogens with one attached hydrogen (secondary N) is 2. The number of rotatable bonds is 7. The van der Waals surface area contributed by atoms with Gasteiger partial charge in [-0.3, -0.25) is 4.99 Å². The summed E-state index contributed by atoms with van der Waals surface area (Å²) in [7, 11) is 1.75. The zero-order valence-corrected chi connectivity index (χ0v) is 15.1. The van der Waals surface area contributed by atoms with Crippen LogP contribution < -0.4 is 10.6 Å². The predicted molar refractivity (Wildman–Crippen MR) is 97.6 cm³/mol. The van der Waals surface area contributed by atoms with Crippen LogP contribution in [0.15, 0.2) is 29.3 Å². The van der Waals surface area contributed by atoms with E-state index in [2.05, 4.69) is 21.9 Å². The molecule has 0 saturated heterocycles. The SMILES string of the molecule is CN=C(NCCCCSC)NCc1ccc(F)cc1.I. The van der Waals surface area contributed by atoms with E-state index in [9.17, 15) is 4.39 Å². The van der Waals surface area contributed by atoms with Gasteiger partial charge in [0.05, 0.1) is 0 Å². The number of hydrogen-bond donors (Lipinski definition) is 2. The molecule has 20 heavy (non-hydrogen) atoms. The van der Waals surface area contributed by atoms with Crippen molar-refractivity contribution in [3.05, 3.63) is 35.6 Å². The maximum atomic E-state index is 12.8. The fourth-order valence-corrected chi connectivity index (χ4v) is 2.08. The lowest BCUT2D eigenvalue weighted by Crippen LogP contribution is -2.37. The summed E-state index contributed by atoms with van der Waals surface area (Å²) in [6, 6.07) is 6.48. The van der Waals surface area contributed by atoms with Gasteiger partial charge in [-0.25, -0.2) is 4.39 Å². The van der Waals surface area contributed by atoms with Crippen LogP contribution >= 0.6 is 35.7 Å². The third-order valence-electron chi connectivity index (χ3n) is 2.66. The summed E-state index contributed by atoms with van der Waals surface area (Å²) in [5.74, 6) is 1.78. The van der Waals surface area contributed by atoms with Gasteiger partial charge in [-0.05, 0) is 42.5 Å². The molecule has 1 aromatic rings. The summed E-state index contributed by atoms with van der Waals surface area (Å²) in [5, 5.41) is 6.47. The molecule has 0 fully saturated rings. The minimum absolute atomic E-state index is 0. The van der Waals surface area contributed by atoms with Crippen LogP contribution in [0.5, 0.6) is 0 Å². The Hall–Kier alpha value is -0.500. The van der Waals surface area contributed by atoms with Crippen molar-refractivity contribution in [3.63, 3.8) is 0 Å². The molecule has 114 valence electrons. The second-order valence-electron chi connectivity index (χ2n) is 4.18. The molecule has 0 heterocycles. The highest BCUT2D eigenvalue weighted by Gasteiger charge is 1.98. The van der Waals surface area contributed by atoms with Crippen LogP contribution in [0.4, 0.5) is 4.39 Å². The molecule has 0 spiro atoms. The van der Waals surface area contributed by atoms with E-state index >= 15 is 0 Å². The Morgan fingerprint density at radius 3 is 2.50 bits per heavy atom. The molecule has 3 nitrogen and oxygen atoms in total. The van der Waals surface area contributed by atoms with Crippen LogP contribution in [-0.2, 0) is 6.54 Å². The first-order valence-electron chi connectivity index (χ1n) is 6.44. The summed E-state index contributed by atoms with van der Waals surface area (Å²) in [6.45, 7) is 1.56. The van der Waals surface area contributed by atoms with E-state index in [0.717, 1.165) is 24.5 Å². The normalized spacial score (nSPS) is 10.8. The van der Waals surface area contributed by atoms with E-state index in [4.69, 9.17) is 0 Å². The number of halogens is 2. The first kappa shape index (κ1) is 19.5. The predicted octanol–water partition coefficient (Wildman–Crippen LogP) is 3.25. The fourth-order valence-electron chi connectivity index (χ4n) is 1.59. The van der Waals surface area contributed by atoms with Crippen LogP contribution in [0.1, 0.15) is 18.4 Å². The van der Waals surface area contributed by atoms with E-state index in [-0.39, 0.29) is 29.8 Å². The first-order valence-corrected chi connectivity index (χ1v) is 7.83. The maximum absolute atomic E-state index is 12.8. The molecule has 6 heteroatoms. The number of guanidine groups is 1. The molecule has 0 saturated carbocycles. The van der Waals surface area contributed by atoms with Gasteiger partial charge in [0.1, 0.15) is 5.82 Å². The number of aliphatic imine (C=N–C) groups is 1. The molecule has 0 aliphatic heterocycles. The maximum Gasteiger partial charge on any atom is 0.191 e. The average molecular weight is 411 g/mol. The average Bonchev–Trinajstić information content (AvgIpc) is 2.44. The summed E-state index contributed by atoms with van der Waals surface area (Å²) in [6.07, 6.45) is 4.47. The van der Waals surface area contributed by atoms with Gasteiger partial charge in [0.2, 0.25) is 0 Å². The fraction of sp³-hybridized carbons (Fsp3) is 0.500. The van der Waals surface area contributed by atoms with Gasteiger partial charge in [-0.1, -0.05) is 12.1 Å². The minimum atomic E-state index is -0.208. The topological polar surface area (TPSA) is 36.4 Å². The number of thioether (sulfide) groups is 1. The number of hydrogen-bond acceptors (Lipinski definition) is 2. The van der Waals surface area contributed by atoms with Crippen LogP contribution in [-0.4, -0.2) is 31.6 Å². The molecule has 0 atom stereocenters. The van der Waals surface area contributed by atoms with Gasteiger partial charge in [-0.15, -0.1) is 24.0 Å². The quantitative estimate of drug-likeness (QED) is 0.313. The Balaban J connectivity index is 0.00000361. The third kappa shape index (κ3) is 8.63. The van der Waals surface area contributed by atoms with Gasteiger partial charge in [0, 0.05) is 20.1 Å². The molecule has 2 N–H and O–H groups in total. The molecule has 0 unspecified atom stereocenters. The number of unbranched alkanes of at least 4 members (excludes halogenated alkanes) is 1. The standard InChI is InChI=1S/C14H22FN3S.HI/c1-16-14(17-9-3-4-10-19-2)18-11-12-5-7-13(15)8-6-12;/h5-8H,3-4,9-11H2,1-2H3,(H2,16,17,18);1H. The van der Waals surface area contributed by atoms with Crippen molar-refractivity contribution in [2.75, 3.05) is 25.6 Å². The highest BCUT2D eigenvalue weighted by molar-refractivity contribution is 14.0. The Bertz CT molecular complexity index is 385. The van der Waals surface area contributed by atoms with Gasteiger partial charge >= 0.3 is 0 Å².